The van der Waals surface area contributed by atoms with Gasteiger partial charge in [0.1, 0.15) is 0 Å². The molecule has 0 aliphatic heterocycles. The Labute approximate surface area is 133 Å². The van der Waals surface area contributed by atoms with Crippen molar-refractivity contribution >= 4 is 43.2 Å². The first-order valence-corrected chi connectivity index (χ1v) is 8.43. The van der Waals surface area contributed by atoms with Crippen LogP contribution in [0.2, 0.25) is 0 Å². The first-order valence-electron chi connectivity index (χ1n) is 5.97. The third-order valence-corrected chi connectivity index (χ3v) is 5.76. The second-order valence-corrected chi connectivity index (χ2v) is 6.93. The molecule has 1 unspecified atom stereocenters. The standard InChI is InChI=1S/C12H16Br2N4S/c1-3-8-12(14)10(18(2)17-8)5-9(16-15)11-4-7(13)6-19-11/h4,6,9,16H,3,5,15H2,1-2H3. The quantitative estimate of drug-likeness (QED) is 0.590. The average molecular weight is 408 g/mol. The van der Waals surface area contributed by atoms with Crippen molar-refractivity contribution in [3.05, 3.63) is 36.7 Å². The van der Waals surface area contributed by atoms with Crippen molar-refractivity contribution < 1.29 is 0 Å². The number of rotatable bonds is 5. The molecule has 0 aliphatic carbocycles. The van der Waals surface area contributed by atoms with E-state index in [0.29, 0.717) is 0 Å². The minimum absolute atomic E-state index is 0.0905. The smallest absolute Gasteiger partial charge is 0.0766 e. The molecule has 0 bridgehead atoms. The number of hydrazine groups is 1. The van der Waals surface area contributed by atoms with Gasteiger partial charge in [0.15, 0.2) is 0 Å². The molecule has 7 heteroatoms. The predicted molar refractivity (Wildman–Crippen MR) is 86.1 cm³/mol. The second-order valence-electron chi connectivity index (χ2n) is 4.28. The van der Waals surface area contributed by atoms with Gasteiger partial charge in [-0.1, -0.05) is 6.92 Å². The highest BCUT2D eigenvalue weighted by Gasteiger charge is 2.19. The van der Waals surface area contributed by atoms with Gasteiger partial charge >= 0.3 is 0 Å². The second kappa shape index (κ2) is 6.49. The van der Waals surface area contributed by atoms with Gasteiger partial charge in [0.2, 0.25) is 0 Å². The van der Waals surface area contributed by atoms with Crippen LogP contribution in [0.1, 0.15) is 29.2 Å². The highest BCUT2D eigenvalue weighted by atomic mass is 79.9. The predicted octanol–water partition coefficient (Wildman–Crippen LogP) is 3.32. The van der Waals surface area contributed by atoms with E-state index in [4.69, 9.17) is 5.84 Å². The lowest BCUT2D eigenvalue weighted by Crippen LogP contribution is -2.29. The van der Waals surface area contributed by atoms with Crippen molar-refractivity contribution in [1.29, 1.82) is 0 Å². The summed E-state index contributed by atoms with van der Waals surface area (Å²) in [6, 6.07) is 2.19. The van der Waals surface area contributed by atoms with E-state index < -0.39 is 0 Å². The fraction of sp³-hybridized carbons (Fsp3) is 0.417. The molecule has 4 nitrogen and oxygen atoms in total. The summed E-state index contributed by atoms with van der Waals surface area (Å²) >= 11 is 8.81. The first kappa shape index (κ1) is 15.2. The van der Waals surface area contributed by atoms with Gasteiger partial charge in [0.25, 0.3) is 0 Å². The van der Waals surface area contributed by atoms with Crippen LogP contribution in [0.3, 0.4) is 0 Å². The zero-order chi connectivity index (χ0) is 14.0. The largest absolute Gasteiger partial charge is 0.271 e. The van der Waals surface area contributed by atoms with Crippen LogP contribution >= 0.6 is 43.2 Å². The summed E-state index contributed by atoms with van der Waals surface area (Å²) in [4.78, 5) is 1.21. The van der Waals surface area contributed by atoms with Gasteiger partial charge in [-0.3, -0.25) is 16.0 Å². The normalized spacial score (nSPS) is 12.9. The molecule has 104 valence electrons. The molecular weight excluding hydrogens is 392 g/mol. The lowest BCUT2D eigenvalue weighted by Gasteiger charge is -2.14. The van der Waals surface area contributed by atoms with E-state index in [0.717, 1.165) is 33.2 Å². The maximum absolute atomic E-state index is 5.70. The SMILES string of the molecule is CCc1nn(C)c(CC(NN)c2cc(Br)cs2)c1Br. The molecule has 0 saturated carbocycles. The molecule has 2 aromatic heterocycles. The van der Waals surface area contributed by atoms with E-state index in [9.17, 15) is 0 Å². The Bertz CT molecular complexity index is 564. The fourth-order valence-electron chi connectivity index (χ4n) is 1.99. The molecule has 0 saturated heterocycles. The van der Waals surface area contributed by atoms with Gasteiger partial charge in [-0.25, -0.2) is 0 Å². The molecule has 2 aromatic rings. The van der Waals surface area contributed by atoms with Crippen molar-refractivity contribution in [3.63, 3.8) is 0 Å². The van der Waals surface area contributed by atoms with Crippen molar-refractivity contribution in [2.45, 2.75) is 25.8 Å². The highest BCUT2D eigenvalue weighted by Crippen LogP contribution is 2.30. The molecule has 19 heavy (non-hydrogen) atoms. The number of nitrogens with zero attached hydrogens (tertiary/aromatic N) is 2. The number of aromatic nitrogens is 2. The number of hydrogen-bond donors (Lipinski definition) is 2. The fourth-order valence-corrected chi connectivity index (χ4v) is 4.27. The van der Waals surface area contributed by atoms with Crippen LogP contribution in [0.15, 0.2) is 20.4 Å². The van der Waals surface area contributed by atoms with Crippen LogP contribution in [-0.4, -0.2) is 9.78 Å². The summed E-state index contributed by atoms with van der Waals surface area (Å²) in [6.07, 6.45) is 1.72. The summed E-state index contributed by atoms with van der Waals surface area (Å²) in [7, 11) is 1.97. The molecule has 0 amide bonds. The van der Waals surface area contributed by atoms with E-state index in [1.165, 1.54) is 4.88 Å². The van der Waals surface area contributed by atoms with E-state index in [-0.39, 0.29) is 6.04 Å². The monoisotopic (exact) mass is 406 g/mol. The molecule has 0 aromatic carbocycles. The third-order valence-electron chi connectivity index (χ3n) is 3.03. The van der Waals surface area contributed by atoms with E-state index in [1.54, 1.807) is 11.3 Å². The van der Waals surface area contributed by atoms with E-state index >= 15 is 0 Å². The zero-order valence-corrected chi connectivity index (χ0v) is 14.8. The molecule has 3 N–H and O–H groups in total. The van der Waals surface area contributed by atoms with E-state index in [1.807, 2.05) is 11.7 Å². The molecular formula is C12H16Br2N4S. The van der Waals surface area contributed by atoms with Gasteiger partial charge < -0.3 is 0 Å². The first-order chi connectivity index (χ1) is 9.06. The van der Waals surface area contributed by atoms with Crippen LogP contribution in [0.25, 0.3) is 0 Å². The maximum Gasteiger partial charge on any atom is 0.0766 e. The molecule has 2 rings (SSSR count). The zero-order valence-electron chi connectivity index (χ0n) is 10.8. The van der Waals surface area contributed by atoms with Crippen LogP contribution < -0.4 is 11.3 Å². The molecule has 0 aliphatic rings. The minimum atomic E-state index is 0.0905. The number of halogens is 2. The summed E-state index contributed by atoms with van der Waals surface area (Å²) in [5.74, 6) is 5.70. The van der Waals surface area contributed by atoms with Gasteiger partial charge in [-0.2, -0.15) is 5.10 Å². The average Bonchev–Trinajstić information content (AvgIpc) is 2.92. The molecule has 1 atom stereocenters. The van der Waals surface area contributed by atoms with Crippen LogP contribution in [0.5, 0.6) is 0 Å². The Morgan fingerprint density at radius 3 is 2.74 bits per heavy atom. The van der Waals surface area contributed by atoms with Gasteiger partial charge in [-0.05, 0) is 44.3 Å². The van der Waals surface area contributed by atoms with Crippen LogP contribution in [0.4, 0.5) is 0 Å². The number of aryl methyl sites for hydroxylation is 2. The van der Waals surface area contributed by atoms with Crippen LogP contribution in [0, 0.1) is 0 Å². The Morgan fingerprint density at radius 1 is 1.53 bits per heavy atom. The van der Waals surface area contributed by atoms with Crippen LogP contribution in [-0.2, 0) is 19.9 Å². The van der Waals surface area contributed by atoms with Crippen molar-refractivity contribution in [2.24, 2.45) is 12.9 Å². The van der Waals surface area contributed by atoms with Crippen molar-refractivity contribution in [2.75, 3.05) is 0 Å². The highest BCUT2D eigenvalue weighted by molar-refractivity contribution is 9.10. The maximum atomic E-state index is 5.70. The van der Waals surface area contributed by atoms with Crippen molar-refractivity contribution in [3.8, 4) is 0 Å². The van der Waals surface area contributed by atoms with Crippen molar-refractivity contribution in [1.82, 2.24) is 15.2 Å². The summed E-state index contributed by atoms with van der Waals surface area (Å²) < 4.78 is 4.11. The Hall–Kier alpha value is -0.210. The van der Waals surface area contributed by atoms with Gasteiger partial charge in [-0.15, -0.1) is 11.3 Å². The van der Waals surface area contributed by atoms with Gasteiger partial charge in [0.05, 0.1) is 21.9 Å². The summed E-state index contributed by atoms with van der Waals surface area (Å²) in [5.41, 5.74) is 5.13. The summed E-state index contributed by atoms with van der Waals surface area (Å²) in [5, 5.41) is 6.58. The Balaban J connectivity index is 2.26. The number of nitrogens with two attached hydrogens (primary N) is 1. The van der Waals surface area contributed by atoms with E-state index in [2.05, 4.69) is 60.8 Å². The lowest BCUT2D eigenvalue weighted by molar-refractivity contribution is 0.536. The molecule has 0 radical (unpaired) electrons. The number of nitrogens with one attached hydrogen (secondary N) is 1. The number of thiophene rings is 1. The third kappa shape index (κ3) is 3.28. The van der Waals surface area contributed by atoms with Gasteiger partial charge in [0, 0.05) is 28.2 Å². The molecule has 2 heterocycles. The summed E-state index contributed by atoms with van der Waals surface area (Å²) in [6.45, 7) is 2.10. The Kier molecular flexibility index (Phi) is 5.19. The Morgan fingerprint density at radius 2 is 2.26 bits per heavy atom. The molecule has 0 fully saturated rings. The number of hydrogen-bond acceptors (Lipinski definition) is 4. The topological polar surface area (TPSA) is 55.9 Å². The molecule has 0 spiro atoms. The lowest BCUT2D eigenvalue weighted by atomic mass is 10.1. The minimum Gasteiger partial charge on any atom is -0.271 e.